The number of amides is 1. The minimum Gasteiger partial charge on any atom is -0.497 e. The lowest BCUT2D eigenvalue weighted by atomic mass is 9.85. The van der Waals surface area contributed by atoms with Crippen molar-refractivity contribution >= 4 is 23.1 Å². The lowest BCUT2D eigenvalue weighted by Gasteiger charge is -2.35. The van der Waals surface area contributed by atoms with Gasteiger partial charge in [-0.3, -0.25) is 9.59 Å². The van der Waals surface area contributed by atoms with E-state index in [4.69, 9.17) is 4.74 Å². The zero-order valence-corrected chi connectivity index (χ0v) is 19.3. The fourth-order valence-corrected chi connectivity index (χ4v) is 3.77. The van der Waals surface area contributed by atoms with Gasteiger partial charge in [0.1, 0.15) is 5.75 Å². The largest absolute Gasteiger partial charge is 0.497 e. The number of fused-ring (bicyclic) bond motifs is 1. The molecule has 0 aliphatic carbocycles. The predicted octanol–water partition coefficient (Wildman–Crippen LogP) is 5.22. The van der Waals surface area contributed by atoms with E-state index in [0.717, 1.165) is 23.4 Å². The highest BCUT2D eigenvalue weighted by Gasteiger charge is 2.28. The van der Waals surface area contributed by atoms with Crippen LogP contribution in [0.2, 0.25) is 0 Å². The first-order valence-electron chi connectivity index (χ1n) is 10.6. The molecular formula is C26H32N2O3. The number of rotatable bonds is 5. The van der Waals surface area contributed by atoms with Crippen LogP contribution in [0.1, 0.15) is 62.5 Å². The third kappa shape index (κ3) is 5.97. The van der Waals surface area contributed by atoms with Gasteiger partial charge >= 0.3 is 0 Å². The molecule has 2 aromatic rings. The Morgan fingerprint density at radius 1 is 1.13 bits per heavy atom. The first kappa shape index (κ1) is 22.6. The quantitative estimate of drug-likeness (QED) is 0.514. The minimum atomic E-state index is -0.158. The van der Waals surface area contributed by atoms with Gasteiger partial charge in [-0.05, 0) is 67.6 Å². The van der Waals surface area contributed by atoms with Crippen molar-refractivity contribution in [1.82, 2.24) is 5.32 Å². The number of hydrogen-bond acceptors (Lipinski definition) is 4. The molecule has 5 nitrogen and oxygen atoms in total. The van der Waals surface area contributed by atoms with Gasteiger partial charge in [-0.1, -0.05) is 26.8 Å². The van der Waals surface area contributed by atoms with Crippen LogP contribution in [0.15, 0.2) is 48.5 Å². The molecule has 1 aliphatic heterocycles. The van der Waals surface area contributed by atoms with Crippen LogP contribution < -0.4 is 15.4 Å². The normalized spacial score (nSPS) is 16.3. The van der Waals surface area contributed by atoms with Crippen molar-refractivity contribution in [2.24, 2.45) is 5.41 Å². The molecule has 164 valence electrons. The van der Waals surface area contributed by atoms with E-state index in [2.05, 4.69) is 30.5 Å². The topological polar surface area (TPSA) is 67.4 Å². The molecule has 0 atom stereocenters. The van der Waals surface area contributed by atoms with Gasteiger partial charge in [0.15, 0.2) is 5.78 Å². The summed E-state index contributed by atoms with van der Waals surface area (Å²) in [7, 11) is 1.64. The Bertz CT molecular complexity index is 1010. The highest BCUT2D eigenvalue weighted by atomic mass is 16.5. The van der Waals surface area contributed by atoms with Gasteiger partial charge < -0.3 is 15.4 Å². The number of anilines is 1. The Morgan fingerprint density at radius 3 is 2.42 bits per heavy atom. The third-order valence-electron chi connectivity index (χ3n) is 5.13. The van der Waals surface area contributed by atoms with E-state index >= 15 is 0 Å². The Morgan fingerprint density at radius 2 is 1.81 bits per heavy atom. The average molecular weight is 421 g/mol. The maximum absolute atomic E-state index is 13.0. The predicted molar refractivity (Wildman–Crippen MR) is 125 cm³/mol. The van der Waals surface area contributed by atoms with E-state index < -0.39 is 0 Å². The summed E-state index contributed by atoms with van der Waals surface area (Å²) in [6, 6.07) is 13.0. The van der Waals surface area contributed by atoms with Crippen molar-refractivity contribution in [3.63, 3.8) is 0 Å². The first-order valence-corrected chi connectivity index (χ1v) is 10.6. The summed E-state index contributed by atoms with van der Waals surface area (Å²) >= 11 is 0. The fraction of sp³-hybridized carbons (Fsp3) is 0.385. The number of ketones is 1. The van der Waals surface area contributed by atoms with Crippen LogP contribution in [-0.4, -0.2) is 24.3 Å². The van der Waals surface area contributed by atoms with Gasteiger partial charge in [0.05, 0.1) is 7.11 Å². The molecule has 2 aromatic carbocycles. The average Bonchev–Trinajstić information content (AvgIpc) is 2.66. The van der Waals surface area contributed by atoms with Crippen LogP contribution in [0, 0.1) is 5.41 Å². The van der Waals surface area contributed by atoms with Crippen LogP contribution in [0.3, 0.4) is 0 Å². The second kappa shape index (κ2) is 8.58. The van der Waals surface area contributed by atoms with Gasteiger partial charge in [0.2, 0.25) is 5.91 Å². The van der Waals surface area contributed by atoms with E-state index in [1.807, 2.05) is 32.9 Å². The molecule has 2 N–H and O–H groups in total. The molecule has 0 unspecified atom stereocenters. The highest BCUT2D eigenvalue weighted by Crippen LogP contribution is 2.32. The Kier molecular flexibility index (Phi) is 6.25. The molecule has 0 bridgehead atoms. The number of ether oxygens (including phenoxy) is 1. The number of nitrogens with one attached hydrogen (secondary N) is 2. The second-order valence-electron chi connectivity index (χ2n) is 9.99. The summed E-state index contributed by atoms with van der Waals surface area (Å²) < 4.78 is 5.37. The number of methoxy groups -OCH3 is 1. The molecule has 3 rings (SSSR count). The van der Waals surface area contributed by atoms with Crippen molar-refractivity contribution in [3.05, 3.63) is 65.2 Å². The number of carbonyl (C=O) groups is 2. The van der Waals surface area contributed by atoms with Gasteiger partial charge in [-0.25, -0.2) is 0 Å². The maximum Gasteiger partial charge on any atom is 0.224 e. The number of allylic oxidation sites excluding steroid dienone is 1. The lowest BCUT2D eigenvalue weighted by Crippen LogP contribution is -2.43. The number of carbonyl (C=O) groups excluding carboxylic acids is 2. The van der Waals surface area contributed by atoms with Crippen molar-refractivity contribution in [2.45, 2.75) is 53.0 Å². The Hall–Kier alpha value is -3.08. The zero-order valence-electron chi connectivity index (χ0n) is 19.3. The van der Waals surface area contributed by atoms with E-state index in [0.29, 0.717) is 17.7 Å². The molecule has 0 fully saturated rings. The van der Waals surface area contributed by atoms with Crippen molar-refractivity contribution < 1.29 is 14.3 Å². The van der Waals surface area contributed by atoms with Crippen molar-refractivity contribution in [3.8, 4) is 5.75 Å². The van der Waals surface area contributed by atoms with Gasteiger partial charge in [-0.15, -0.1) is 0 Å². The molecule has 1 aliphatic rings. The van der Waals surface area contributed by atoms with E-state index in [9.17, 15) is 9.59 Å². The van der Waals surface area contributed by atoms with Crippen LogP contribution in [-0.2, 0) is 11.2 Å². The summed E-state index contributed by atoms with van der Waals surface area (Å²) in [5, 5.41) is 6.38. The highest BCUT2D eigenvalue weighted by molar-refractivity contribution is 6.09. The smallest absolute Gasteiger partial charge is 0.224 e. The maximum atomic E-state index is 13.0. The standard InChI is InChI=1S/C26H32N2O3/c1-25(2,3)16-24(30)27-19-10-7-17(8-11-19)23(29)14-22-21-13-20(31-6)12-9-18(21)15-26(4,5)28-22/h7-14,28H,15-16H2,1-6H3,(H,27,30)/b22-14-. The third-order valence-corrected chi connectivity index (χ3v) is 5.13. The molecule has 0 saturated heterocycles. The monoisotopic (exact) mass is 420 g/mol. The molecule has 0 spiro atoms. The summed E-state index contributed by atoms with van der Waals surface area (Å²) in [5.41, 5.74) is 3.97. The summed E-state index contributed by atoms with van der Waals surface area (Å²) in [4.78, 5) is 25.1. The Labute approximate surface area is 184 Å². The van der Waals surface area contributed by atoms with Crippen LogP contribution in [0.25, 0.3) is 5.70 Å². The number of hydrogen-bond donors (Lipinski definition) is 2. The molecule has 0 saturated carbocycles. The molecule has 5 heteroatoms. The molecule has 1 amide bonds. The van der Waals surface area contributed by atoms with Crippen LogP contribution in [0.5, 0.6) is 5.75 Å². The second-order valence-corrected chi connectivity index (χ2v) is 9.99. The summed E-state index contributed by atoms with van der Waals surface area (Å²) in [6.07, 6.45) is 2.94. The molecule has 0 aromatic heterocycles. The van der Waals surface area contributed by atoms with Crippen LogP contribution >= 0.6 is 0 Å². The van der Waals surface area contributed by atoms with E-state index in [1.165, 1.54) is 5.56 Å². The SMILES string of the molecule is COc1ccc2c(c1)/C(=C/C(=O)c1ccc(NC(=O)CC(C)(C)C)cc1)NC(C)(C)C2. The van der Waals surface area contributed by atoms with E-state index in [1.54, 1.807) is 37.5 Å². The summed E-state index contributed by atoms with van der Waals surface area (Å²) in [6.45, 7) is 10.3. The van der Waals surface area contributed by atoms with Gasteiger partial charge in [-0.2, -0.15) is 0 Å². The van der Waals surface area contributed by atoms with E-state index in [-0.39, 0.29) is 22.6 Å². The van der Waals surface area contributed by atoms with Gasteiger partial charge in [0, 0.05) is 40.5 Å². The zero-order chi connectivity index (χ0) is 22.8. The number of benzene rings is 2. The lowest BCUT2D eigenvalue weighted by molar-refractivity contribution is -0.117. The molecule has 31 heavy (non-hydrogen) atoms. The van der Waals surface area contributed by atoms with Crippen molar-refractivity contribution in [1.29, 1.82) is 0 Å². The minimum absolute atomic E-state index is 0.0344. The molecular weight excluding hydrogens is 388 g/mol. The first-order chi connectivity index (χ1) is 14.5. The molecule has 0 radical (unpaired) electrons. The fourth-order valence-electron chi connectivity index (χ4n) is 3.77. The van der Waals surface area contributed by atoms with Crippen molar-refractivity contribution in [2.75, 3.05) is 12.4 Å². The summed E-state index contributed by atoms with van der Waals surface area (Å²) in [5.74, 6) is 0.628. The van der Waals surface area contributed by atoms with Gasteiger partial charge in [0.25, 0.3) is 0 Å². The molecule has 1 heterocycles. The van der Waals surface area contributed by atoms with Crippen LogP contribution in [0.4, 0.5) is 5.69 Å². The Balaban J connectivity index is 1.81.